The van der Waals surface area contributed by atoms with E-state index < -0.39 is 11.6 Å². The van der Waals surface area contributed by atoms with Gasteiger partial charge in [-0.15, -0.1) is 0 Å². The summed E-state index contributed by atoms with van der Waals surface area (Å²) in [6.45, 7) is 10.2. The van der Waals surface area contributed by atoms with Crippen LogP contribution >= 0.6 is 0 Å². The lowest BCUT2D eigenvalue weighted by Gasteiger charge is -2.27. The Morgan fingerprint density at radius 1 is 1.35 bits per heavy atom. The second kappa shape index (κ2) is 6.33. The Morgan fingerprint density at radius 2 is 1.88 bits per heavy atom. The van der Waals surface area contributed by atoms with Crippen LogP contribution in [0.2, 0.25) is 0 Å². The van der Waals surface area contributed by atoms with Gasteiger partial charge >= 0.3 is 0 Å². The van der Waals surface area contributed by atoms with Crippen LogP contribution in [-0.2, 0) is 9.53 Å². The number of hydrogen-bond acceptors (Lipinski definition) is 4. The number of carbonyl (C=O) groups is 1. The summed E-state index contributed by atoms with van der Waals surface area (Å²) in [4.78, 5) is 10.8. The smallest absolute Gasteiger partial charge is 0.219 e. The van der Waals surface area contributed by atoms with E-state index in [4.69, 9.17) is 10.5 Å². The predicted molar refractivity (Wildman–Crippen MR) is 67.6 cm³/mol. The van der Waals surface area contributed by atoms with Crippen molar-refractivity contribution in [3.05, 3.63) is 0 Å². The zero-order valence-electron chi connectivity index (χ0n) is 11.5. The number of hydrogen-bond donors (Lipinski definition) is 3. The third-order valence-corrected chi connectivity index (χ3v) is 2.14. The topological polar surface area (TPSA) is 84.6 Å². The number of rotatable bonds is 7. The fourth-order valence-electron chi connectivity index (χ4n) is 1.30. The predicted octanol–water partition coefficient (Wildman–Crippen LogP) is 0.406. The number of nitrogens with two attached hydrogens (primary N) is 1. The first-order valence-electron chi connectivity index (χ1n) is 5.87. The Hall–Kier alpha value is -0.650. The van der Waals surface area contributed by atoms with Gasteiger partial charge in [0, 0.05) is 18.5 Å². The molecule has 0 aliphatic carbocycles. The lowest BCUT2D eigenvalue weighted by Crippen LogP contribution is -2.47. The van der Waals surface area contributed by atoms with Crippen molar-refractivity contribution in [3.8, 4) is 0 Å². The van der Waals surface area contributed by atoms with E-state index in [-0.39, 0.29) is 24.5 Å². The summed E-state index contributed by atoms with van der Waals surface area (Å²) in [7, 11) is 0. The summed E-state index contributed by atoms with van der Waals surface area (Å²) in [5.74, 6) is -0.358. The first kappa shape index (κ1) is 16.4. The summed E-state index contributed by atoms with van der Waals surface area (Å²) in [6, 6.07) is 0. The van der Waals surface area contributed by atoms with Crippen LogP contribution < -0.4 is 11.1 Å². The molecule has 0 heterocycles. The molecule has 5 nitrogen and oxygen atoms in total. The maximum absolute atomic E-state index is 10.8. The van der Waals surface area contributed by atoms with Crippen LogP contribution in [0, 0.1) is 0 Å². The maximum Gasteiger partial charge on any atom is 0.219 e. The number of β-amino-alcohol motifs (C(OH)–C–C–N with tert-alkyl or cyclic N) is 1. The van der Waals surface area contributed by atoms with Gasteiger partial charge in [-0.3, -0.25) is 4.79 Å². The Morgan fingerprint density at radius 3 is 2.29 bits per heavy atom. The largest absolute Gasteiger partial charge is 0.389 e. The van der Waals surface area contributed by atoms with Gasteiger partial charge in [-0.2, -0.15) is 0 Å². The molecule has 1 unspecified atom stereocenters. The lowest BCUT2D eigenvalue weighted by molar-refractivity contribution is -0.119. The molecule has 0 bridgehead atoms. The van der Waals surface area contributed by atoms with E-state index in [1.54, 1.807) is 0 Å². The Labute approximate surface area is 104 Å². The van der Waals surface area contributed by atoms with Crippen molar-refractivity contribution < 1.29 is 14.6 Å². The zero-order valence-corrected chi connectivity index (χ0v) is 11.5. The van der Waals surface area contributed by atoms with Gasteiger partial charge in [0.1, 0.15) is 0 Å². The molecule has 0 aliphatic rings. The molecule has 1 amide bonds. The molecule has 5 heteroatoms. The SMILES string of the molecule is CC(C)(CC(N)=O)NCC(O)COC(C)(C)C. The molecule has 0 fully saturated rings. The number of aliphatic hydroxyl groups excluding tert-OH is 1. The summed E-state index contributed by atoms with van der Waals surface area (Å²) in [5.41, 5.74) is 4.47. The monoisotopic (exact) mass is 246 g/mol. The fourth-order valence-corrected chi connectivity index (χ4v) is 1.30. The number of primary amides is 1. The number of amides is 1. The van der Waals surface area contributed by atoms with Crippen LogP contribution in [0.4, 0.5) is 0 Å². The molecule has 0 rings (SSSR count). The van der Waals surface area contributed by atoms with Gasteiger partial charge in [0.05, 0.1) is 18.3 Å². The molecular formula is C12H26N2O3. The highest BCUT2D eigenvalue weighted by Gasteiger charge is 2.21. The average molecular weight is 246 g/mol. The van der Waals surface area contributed by atoms with Gasteiger partial charge in [-0.05, 0) is 34.6 Å². The van der Waals surface area contributed by atoms with Crippen molar-refractivity contribution in [3.63, 3.8) is 0 Å². The van der Waals surface area contributed by atoms with Gasteiger partial charge in [0.2, 0.25) is 5.91 Å². The van der Waals surface area contributed by atoms with Crippen molar-refractivity contribution in [1.29, 1.82) is 0 Å². The van der Waals surface area contributed by atoms with Crippen molar-refractivity contribution in [2.75, 3.05) is 13.2 Å². The minimum Gasteiger partial charge on any atom is -0.389 e. The first-order valence-corrected chi connectivity index (χ1v) is 5.87. The molecule has 0 aromatic heterocycles. The lowest BCUT2D eigenvalue weighted by atomic mass is 10.00. The summed E-state index contributed by atoms with van der Waals surface area (Å²) >= 11 is 0. The molecule has 0 aromatic carbocycles. The summed E-state index contributed by atoms with van der Waals surface area (Å²) in [6.07, 6.45) is -0.360. The molecule has 0 spiro atoms. The summed E-state index contributed by atoms with van der Waals surface area (Å²) < 4.78 is 5.46. The van der Waals surface area contributed by atoms with E-state index in [1.807, 2.05) is 34.6 Å². The van der Waals surface area contributed by atoms with Gasteiger partial charge in [0.25, 0.3) is 0 Å². The Bertz CT molecular complexity index is 247. The number of ether oxygens (including phenoxy) is 1. The van der Waals surface area contributed by atoms with Gasteiger partial charge < -0.3 is 20.9 Å². The molecule has 0 radical (unpaired) electrons. The zero-order chi connectivity index (χ0) is 13.7. The quantitative estimate of drug-likeness (QED) is 0.607. The molecule has 0 saturated carbocycles. The third kappa shape index (κ3) is 10.2. The molecule has 0 aliphatic heterocycles. The van der Waals surface area contributed by atoms with Crippen molar-refractivity contribution >= 4 is 5.91 Å². The molecular weight excluding hydrogens is 220 g/mol. The van der Waals surface area contributed by atoms with Crippen LogP contribution in [0.5, 0.6) is 0 Å². The van der Waals surface area contributed by atoms with Crippen LogP contribution in [0.3, 0.4) is 0 Å². The second-order valence-electron chi connectivity index (χ2n) is 5.99. The van der Waals surface area contributed by atoms with E-state index in [0.717, 1.165) is 0 Å². The first-order chi connectivity index (χ1) is 7.52. The molecule has 0 saturated heterocycles. The average Bonchev–Trinajstić information content (AvgIpc) is 2.08. The highest BCUT2D eigenvalue weighted by atomic mass is 16.5. The highest BCUT2D eigenvalue weighted by Crippen LogP contribution is 2.09. The van der Waals surface area contributed by atoms with Crippen LogP contribution in [0.25, 0.3) is 0 Å². The van der Waals surface area contributed by atoms with Crippen molar-refractivity contribution in [1.82, 2.24) is 5.32 Å². The summed E-state index contributed by atoms with van der Waals surface area (Å²) in [5, 5.41) is 12.8. The van der Waals surface area contributed by atoms with Crippen LogP contribution in [0.15, 0.2) is 0 Å². The Balaban J connectivity index is 3.90. The van der Waals surface area contributed by atoms with Crippen LogP contribution in [-0.4, -0.2) is 41.4 Å². The van der Waals surface area contributed by atoms with Gasteiger partial charge in [-0.25, -0.2) is 0 Å². The maximum atomic E-state index is 10.8. The number of carbonyl (C=O) groups excluding carboxylic acids is 1. The minimum absolute atomic E-state index is 0.236. The van der Waals surface area contributed by atoms with E-state index in [0.29, 0.717) is 6.54 Å². The van der Waals surface area contributed by atoms with E-state index >= 15 is 0 Å². The van der Waals surface area contributed by atoms with E-state index in [9.17, 15) is 9.90 Å². The van der Waals surface area contributed by atoms with E-state index in [2.05, 4.69) is 5.32 Å². The molecule has 17 heavy (non-hydrogen) atoms. The Kier molecular flexibility index (Phi) is 6.09. The van der Waals surface area contributed by atoms with Crippen LogP contribution in [0.1, 0.15) is 41.0 Å². The third-order valence-electron chi connectivity index (χ3n) is 2.14. The number of nitrogens with one attached hydrogen (secondary N) is 1. The standard InChI is InChI=1S/C12H26N2O3/c1-11(2,3)17-8-9(15)7-14-12(4,5)6-10(13)16/h9,14-15H,6-8H2,1-5H3,(H2,13,16). The van der Waals surface area contributed by atoms with Gasteiger partial charge in [-0.1, -0.05) is 0 Å². The molecule has 0 aromatic rings. The second-order valence-corrected chi connectivity index (χ2v) is 5.99. The highest BCUT2D eigenvalue weighted by molar-refractivity contribution is 5.74. The fraction of sp³-hybridized carbons (Fsp3) is 0.917. The van der Waals surface area contributed by atoms with Crippen molar-refractivity contribution in [2.45, 2.75) is 58.3 Å². The minimum atomic E-state index is -0.596. The molecule has 4 N–H and O–H groups in total. The van der Waals surface area contributed by atoms with Crippen molar-refractivity contribution in [2.24, 2.45) is 5.73 Å². The van der Waals surface area contributed by atoms with Gasteiger partial charge in [0.15, 0.2) is 0 Å². The normalized spacial score (nSPS) is 14.7. The number of aliphatic hydroxyl groups is 1. The molecule has 102 valence electrons. The molecule has 1 atom stereocenters. The van der Waals surface area contributed by atoms with E-state index in [1.165, 1.54) is 0 Å².